The van der Waals surface area contributed by atoms with Gasteiger partial charge >= 0.3 is 0 Å². The summed E-state index contributed by atoms with van der Waals surface area (Å²) in [5, 5.41) is 4.06. The molecule has 0 aromatic heterocycles. The largest absolute Gasteiger partial charge is 0.271 e. The van der Waals surface area contributed by atoms with Gasteiger partial charge in [-0.3, -0.25) is 4.79 Å². The maximum Gasteiger partial charge on any atom is 0.271 e. The number of rotatable bonds is 3. The monoisotopic (exact) mass is 270 g/mol. The van der Waals surface area contributed by atoms with Crippen LogP contribution >= 0.6 is 0 Å². The number of hydrazone groups is 1. The van der Waals surface area contributed by atoms with Gasteiger partial charge in [0.2, 0.25) is 0 Å². The third kappa shape index (κ3) is 3.51. The topological polar surface area (TPSA) is 41.5 Å². The summed E-state index contributed by atoms with van der Waals surface area (Å²) in [6.45, 7) is 3.81. The van der Waals surface area contributed by atoms with Gasteiger partial charge in [-0.2, -0.15) is 5.10 Å². The highest BCUT2D eigenvalue weighted by atomic mass is 19.1. The summed E-state index contributed by atoms with van der Waals surface area (Å²) in [7, 11) is 0. The number of carbonyl (C=O) groups excluding carboxylic acids is 1. The summed E-state index contributed by atoms with van der Waals surface area (Å²) in [6, 6.07) is 13.2. The highest BCUT2D eigenvalue weighted by Crippen LogP contribution is 2.06. The van der Waals surface area contributed by atoms with Gasteiger partial charge in [0, 0.05) is 5.56 Å². The fourth-order valence-electron chi connectivity index (χ4n) is 1.74. The summed E-state index contributed by atoms with van der Waals surface area (Å²) >= 11 is 0. The van der Waals surface area contributed by atoms with Gasteiger partial charge in [0.25, 0.3) is 5.91 Å². The third-order valence-electron chi connectivity index (χ3n) is 2.87. The Kier molecular flexibility index (Phi) is 4.25. The van der Waals surface area contributed by atoms with Crippen LogP contribution in [0.1, 0.15) is 28.4 Å². The van der Waals surface area contributed by atoms with Crippen molar-refractivity contribution in [3.8, 4) is 0 Å². The van der Waals surface area contributed by atoms with Crippen molar-refractivity contribution in [2.24, 2.45) is 5.10 Å². The molecule has 1 amide bonds. The zero-order valence-corrected chi connectivity index (χ0v) is 11.4. The van der Waals surface area contributed by atoms with Crippen molar-refractivity contribution in [2.45, 2.75) is 13.8 Å². The van der Waals surface area contributed by atoms with Crippen molar-refractivity contribution in [3.05, 3.63) is 71.0 Å². The molecule has 0 unspecified atom stereocenters. The SMILES string of the molecule is C/C(=N\NC(=O)c1ccc(F)cc1)c1cccc(C)c1. The summed E-state index contributed by atoms with van der Waals surface area (Å²) in [4.78, 5) is 11.8. The normalized spacial score (nSPS) is 11.2. The van der Waals surface area contributed by atoms with Gasteiger partial charge < -0.3 is 0 Å². The van der Waals surface area contributed by atoms with Crippen molar-refractivity contribution in [3.63, 3.8) is 0 Å². The number of benzene rings is 2. The molecule has 0 atom stereocenters. The first-order valence-corrected chi connectivity index (χ1v) is 6.23. The summed E-state index contributed by atoms with van der Waals surface area (Å²) in [6.07, 6.45) is 0. The van der Waals surface area contributed by atoms with Crippen LogP contribution in [0.4, 0.5) is 4.39 Å². The minimum absolute atomic E-state index is 0.364. The van der Waals surface area contributed by atoms with Gasteiger partial charge in [-0.25, -0.2) is 9.82 Å². The highest BCUT2D eigenvalue weighted by molar-refractivity contribution is 6.00. The Bertz CT molecular complexity index is 648. The third-order valence-corrected chi connectivity index (χ3v) is 2.87. The molecule has 0 fully saturated rings. The smallest absolute Gasteiger partial charge is 0.267 e. The van der Waals surface area contributed by atoms with Crippen molar-refractivity contribution in [2.75, 3.05) is 0 Å². The van der Waals surface area contributed by atoms with E-state index in [1.807, 2.05) is 38.1 Å². The van der Waals surface area contributed by atoms with E-state index in [0.29, 0.717) is 11.3 Å². The van der Waals surface area contributed by atoms with E-state index in [9.17, 15) is 9.18 Å². The van der Waals surface area contributed by atoms with Crippen LogP contribution in [0, 0.1) is 12.7 Å². The molecule has 0 saturated carbocycles. The lowest BCUT2D eigenvalue weighted by atomic mass is 10.1. The number of aryl methyl sites for hydroxylation is 1. The van der Waals surface area contributed by atoms with E-state index < -0.39 is 0 Å². The highest BCUT2D eigenvalue weighted by Gasteiger charge is 2.05. The van der Waals surface area contributed by atoms with Gasteiger partial charge in [-0.15, -0.1) is 0 Å². The summed E-state index contributed by atoms with van der Waals surface area (Å²) in [5.41, 5.74) is 5.62. The molecule has 0 aliphatic carbocycles. The number of halogens is 1. The van der Waals surface area contributed by atoms with E-state index in [-0.39, 0.29) is 11.7 Å². The van der Waals surface area contributed by atoms with Crippen molar-refractivity contribution >= 4 is 11.6 Å². The van der Waals surface area contributed by atoms with Crippen LogP contribution in [0.25, 0.3) is 0 Å². The van der Waals surface area contributed by atoms with E-state index in [1.54, 1.807) is 0 Å². The van der Waals surface area contributed by atoms with Crippen molar-refractivity contribution in [1.82, 2.24) is 5.43 Å². The summed E-state index contributed by atoms with van der Waals surface area (Å²) in [5.74, 6) is -0.738. The minimum atomic E-state index is -0.374. The molecule has 2 rings (SSSR count). The molecule has 0 aliphatic heterocycles. The minimum Gasteiger partial charge on any atom is -0.267 e. The Morgan fingerprint density at radius 1 is 1.10 bits per heavy atom. The predicted molar refractivity (Wildman–Crippen MR) is 77.3 cm³/mol. The number of nitrogens with one attached hydrogen (secondary N) is 1. The number of amides is 1. The average Bonchev–Trinajstić information content (AvgIpc) is 2.45. The standard InChI is InChI=1S/C16H15FN2O/c1-11-4-3-5-14(10-11)12(2)18-19-16(20)13-6-8-15(17)9-7-13/h3-10H,1-2H3,(H,19,20)/b18-12+. The Balaban J connectivity index is 2.08. The molecular weight excluding hydrogens is 255 g/mol. The predicted octanol–water partition coefficient (Wildman–Crippen LogP) is 3.29. The van der Waals surface area contributed by atoms with Gasteiger partial charge in [0.15, 0.2) is 0 Å². The van der Waals surface area contributed by atoms with Crippen LogP contribution in [0.5, 0.6) is 0 Å². The van der Waals surface area contributed by atoms with Gasteiger partial charge in [-0.1, -0.05) is 29.8 Å². The first kappa shape index (κ1) is 13.9. The van der Waals surface area contributed by atoms with Crippen LogP contribution in [0.2, 0.25) is 0 Å². The van der Waals surface area contributed by atoms with Crippen LogP contribution in [0.15, 0.2) is 53.6 Å². The quantitative estimate of drug-likeness (QED) is 0.675. The second kappa shape index (κ2) is 6.10. The van der Waals surface area contributed by atoms with E-state index in [2.05, 4.69) is 10.5 Å². The molecule has 3 nitrogen and oxygen atoms in total. The fraction of sp³-hybridized carbons (Fsp3) is 0.125. The van der Waals surface area contributed by atoms with Crippen molar-refractivity contribution < 1.29 is 9.18 Å². The average molecular weight is 270 g/mol. The number of hydrogen-bond acceptors (Lipinski definition) is 2. The van der Waals surface area contributed by atoms with Crippen LogP contribution in [0.3, 0.4) is 0 Å². The number of carbonyl (C=O) groups is 1. The lowest BCUT2D eigenvalue weighted by Gasteiger charge is -2.04. The lowest BCUT2D eigenvalue weighted by molar-refractivity contribution is 0.0955. The van der Waals surface area contributed by atoms with Gasteiger partial charge in [-0.05, 0) is 43.7 Å². The van der Waals surface area contributed by atoms with E-state index in [0.717, 1.165) is 11.1 Å². The summed E-state index contributed by atoms with van der Waals surface area (Å²) < 4.78 is 12.8. The molecule has 0 spiro atoms. The molecular formula is C16H15FN2O. The van der Waals surface area contributed by atoms with E-state index in [4.69, 9.17) is 0 Å². The molecule has 102 valence electrons. The number of nitrogens with zero attached hydrogens (tertiary/aromatic N) is 1. The Labute approximate surface area is 117 Å². The Morgan fingerprint density at radius 3 is 2.45 bits per heavy atom. The van der Waals surface area contributed by atoms with Crippen LogP contribution in [-0.2, 0) is 0 Å². The molecule has 0 saturated heterocycles. The molecule has 0 radical (unpaired) electrons. The molecule has 0 heterocycles. The lowest BCUT2D eigenvalue weighted by Crippen LogP contribution is -2.19. The van der Waals surface area contributed by atoms with Crippen LogP contribution < -0.4 is 5.43 Å². The molecule has 0 bridgehead atoms. The zero-order valence-electron chi connectivity index (χ0n) is 11.4. The maximum absolute atomic E-state index is 12.8. The molecule has 2 aromatic carbocycles. The van der Waals surface area contributed by atoms with Gasteiger partial charge in [0.05, 0.1) is 5.71 Å². The first-order chi connectivity index (χ1) is 9.56. The first-order valence-electron chi connectivity index (χ1n) is 6.23. The van der Waals surface area contributed by atoms with Gasteiger partial charge in [0.1, 0.15) is 5.82 Å². The fourth-order valence-corrected chi connectivity index (χ4v) is 1.74. The Hall–Kier alpha value is -2.49. The molecule has 20 heavy (non-hydrogen) atoms. The second-order valence-corrected chi connectivity index (χ2v) is 4.51. The van der Waals surface area contributed by atoms with Crippen LogP contribution in [-0.4, -0.2) is 11.6 Å². The number of hydrogen-bond donors (Lipinski definition) is 1. The second-order valence-electron chi connectivity index (χ2n) is 4.51. The van der Waals surface area contributed by atoms with E-state index >= 15 is 0 Å². The maximum atomic E-state index is 12.8. The molecule has 2 aromatic rings. The van der Waals surface area contributed by atoms with Crippen molar-refractivity contribution in [1.29, 1.82) is 0 Å². The Morgan fingerprint density at radius 2 is 1.80 bits per heavy atom. The molecule has 4 heteroatoms. The molecule has 0 aliphatic rings. The zero-order chi connectivity index (χ0) is 14.5. The van der Waals surface area contributed by atoms with E-state index in [1.165, 1.54) is 24.3 Å². The molecule has 1 N–H and O–H groups in total.